The fourth-order valence-corrected chi connectivity index (χ4v) is 2.69. The van der Waals surface area contributed by atoms with Crippen LogP contribution in [0.3, 0.4) is 0 Å². The lowest BCUT2D eigenvalue weighted by Gasteiger charge is -2.35. The van der Waals surface area contributed by atoms with E-state index in [0.717, 1.165) is 25.5 Å². The molecule has 2 fully saturated rings. The van der Waals surface area contributed by atoms with Gasteiger partial charge in [0.1, 0.15) is 5.82 Å². The number of fused-ring (bicyclic) bond motifs is 1. The molecule has 1 aromatic heterocycles. The van der Waals surface area contributed by atoms with Crippen LogP contribution in [0, 0.1) is 0 Å². The van der Waals surface area contributed by atoms with Crippen LogP contribution in [0.4, 0.5) is 5.82 Å². The maximum Gasteiger partial charge on any atom is 0.125 e. The monoisotopic (exact) mass is 233 g/mol. The molecule has 2 aliphatic rings. The molecule has 0 amide bonds. The van der Waals surface area contributed by atoms with Gasteiger partial charge in [-0.05, 0) is 31.5 Å². The minimum atomic E-state index is 0.298. The Hall–Kier alpha value is -1.13. The van der Waals surface area contributed by atoms with Crippen molar-refractivity contribution in [1.29, 1.82) is 0 Å². The number of anilines is 1. The molecule has 0 bridgehead atoms. The van der Waals surface area contributed by atoms with Crippen molar-refractivity contribution in [3.8, 4) is 0 Å². The maximum atomic E-state index is 5.88. The number of pyridine rings is 1. The van der Waals surface area contributed by atoms with Gasteiger partial charge in [0, 0.05) is 25.3 Å². The first-order valence-corrected chi connectivity index (χ1v) is 6.42. The number of aromatic nitrogens is 1. The zero-order valence-corrected chi connectivity index (χ0v) is 10.0. The molecule has 2 atom stereocenters. The lowest BCUT2D eigenvalue weighted by atomic mass is 10.2. The highest BCUT2D eigenvalue weighted by molar-refractivity contribution is 5.33. The van der Waals surface area contributed by atoms with E-state index < -0.39 is 0 Å². The summed E-state index contributed by atoms with van der Waals surface area (Å²) in [6.07, 6.45) is 4.74. The van der Waals surface area contributed by atoms with Gasteiger partial charge < -0.3 is 10.1 Å². The molecule has 0 aliphatic carbocycles. The first-order valence-electron chi connectivity index (χ1n) is 6.42. The molecular formula is C13H19N3O. The summed E-state index contributed by atoms with van der Waals surface area (Å²) in [6.45, 7) is 4.05. The van der Waals surface area contributed by atoms with Crippen molar-refractivity contribution < 1.29 is 4.74 Å². The van der Waals surface area contributed by atoms with E-state index in [1.807, 2.05) is 18.2 Å². The lowest BCUT2D eigenvalue weighted by molar-refractivity contribution is -0.0416. The summed E-state index contributed by atoms with van der Waals surface area (Å²) in [5, 5.41) is 3.33. The Morgan fingerprint density at radius 1 is 1.47 bits per heavy atom. The number of nitrogens with zero attached hydrogens (tertiary/aromatic N) is 2. The van der Waals surface area contributed by atoms with Crippen molar-refractivity contribution in [3.63, 3.8) is 0 Å². The normalized spacial score (nSPS) is 28.9. The van der Waals surface area contributed by atoms with Crippen molar-refractivity contribution in [1.82, 2.24) is 9.88 Å². The smallest absolute Gasteiger partial charge is 0.125 e. The third kappa shape index (κ3) is 2.58. The van der Waals surface area contributed by atoms with Crippen LogP contribution < -0.4 is 5.32 Å². The number of ether oxygens (including phenoxy) is 1. The molecule has 4 nitrogen and oxygen atoms in total. The second kappa shape index (κ2) is 5.02. The third-order valence-electron chi connectivity index (χ3n) is 3.64. The maximum absolute atomic E-state index is 5.88. The number of nitrogens with one attached hydrogen (secondary N) is 1. The summed E-state index contributed by atoms with van der Waals surface area (Å²) in [7, 11) is 0. The molecule has 1 N–H and O–H groups in total. The molecule has 3 heterocycles. The van der Waals surface area contributed by atoms with Crippen LogP contribution in [0.2, 0.25) is 0 Å². The Labute approximate surface area is 102 Å². The summed E-state index contributed by atoms with van der Waals surface area (Å²) >= 11 is 0. The van der Waals surface area contributed by atoms with E-state index >= 15 is 0 Å². The molecule has 2 saturated heterocycles. The Balaban J connectivity index is 1.50. The minimum Gasteiger partial charge on any atom is -0.373 e. The number of hydrogen-bond donors (Lipinski definition) is 1. The second-order valence-corrected chi connectivity index (χ2v) is 4.84. The SMILES string of the molecule is c1ccc(NCC2CN3CCCC3CO2)nc1. The van der Waals surface area contributed by atoms with E-state index in [-0.39, 0.29) is 0 Å². The van der Waals surface area contributed by atoms with Gasteiger partial charge in [-0.25, -0.2) is 4.98 Å². The van der Waals surface area contributed by atoms with Crippen molar-refractivity contribution in [3.05, 3.63) is 24.4 Å². The summed E-state index contributed by atoms with van der Waals surface area (Å²) in [5.74, 6) is 0.930. The average Bonchev–Trinajstić information content (AvgIpc) is 2.85. The van der Waals surface area contributed by atoms with Crippen molar-refractivity contribution in [2.75, 3.05) is 31.6 Å². The van der Waals surface area contributed by atoms with Gasteiger partial charge in [-0.2, -0.15) is 0 Å². The predicted octanol–water partition coefficient (Wildman–Crippen LogP) is 1.36. The number of morpholine rings is 1. The topological polar surface area (TPSA) is 37.4 Å². The molecule has 17 heavy (non-hydrogen) atoms. The predicted molar refractivity (Wildman–Crippen MR) is 67.1 cm³/mol. The fourth-order valence-electron chi connectivity index (χ4n) is 2.69. The Morgan fingerprint density at radius 2 is 2.47 bits per heavy atom. The van der Waals surface area contributed by atoms with Gasteiger partial charge >= 0.3 is 0 Å². The average molecular weight is 233 g/mol. The quantitative estimate of drug-likeness (QED) is 0.855. The van der Waals surface area contributed by atoms with Gasteiger partial charge in [0.15, 0.2) is 0 Å². The van der Waals surface area contributed by atoms with Gasteiger partial charge in [-0.3, -0.25) is 4.90 Å². The van der Waals surface area contributed by atoms with E-state index in [4.69, 9.17) is 4.74 Å². The van der Waals surface area contributed by atoms with Crippen molar-refractivity contribution in [2.45, 2.75) is 25.0 Å². The molecule has 4 heteroatoms. The van der Waals surface area contributed by atoms with Crippen LogP contribution in [0.15, 0.2) is 24.4 Å². The highest BCUT2D eigenvalue weighted by atomic mass is 16.5. The molecule has 0 spiro atoms. The van der Waals surface area contributed by atoms with E-state index in [1.165, 1.54) is 19.4 Å². The first-order chi connectivity index (χ1) is 8.42. The molecule has 2 unspecified atom stereocenters. The van der Waals surface area contributed by atoms with Crippen molar-refractivity contribution >= 4 is 5.82 Å². The lowest BCUT2D eigenvalue weighted by Crippen LogP contribution is -2.48. The van der Waals surface area contributed by atoms with E-state index in [9.17, 15) is 0 Å². The zero-order chi connectivity index (χ0) is 11.5. The van der Waals surface area contributed by atoms with Crippen LogP contribution in [-0.4, -0.2) is 48.3 Å². The van der Waals surface area contributed by atoms with E-state index in [0.29, 0.717) is 12.1 Å². The second-order valence-electron chi connectivity index (χ2n) is 4.84. The van der Waals surface area contributed by atoms with Crippen molar-refractivity contribution in [2.24, 2.45) is 0 Å². The summed E-state index contributed by atoms with van der Waals surface area (Å²) in [6, 6.07) is 6.59. The number of rotatable bonds is 3. The number of hydrogen-bond acceptors (Lipinski definition) is 4. The van der Waals surface area contributed by atoms with Crippen LogP contribution >= 0.6 is 0 Å². The summed E-state index contributed by atoms with van der Waals surface area (Å²) in [4.78, 5) is 6.81. The standard InChI is InChI=1S/C13H19N3O/c1-2-6-14-13(5-1)15-8-12-9-16-7-3-4-11(16)10-17-12/h1-2,5-6,11-12H,3-4,7-10H2,(H,14,15). The van der Waals surface area contributed by atoms with Gasteiger partial charge in [-0.1, -0.05) is 6.07 Å². The highest BCUT2D eigenvalue weighted by Gasteiger charge is 2.31. The minimum absolute atomic E-state index is 0.298. The van der Waals surface area contributed by atoms with Gasteiger partial charge in [-0.15, -0.1) is 0 Å². The summed E-state index contributed by atoms with van der Waals surface area (Å²) < 4.78 is 5.88. The van der Waals surface area contributed by atoms with Crippen LogP contribution in [0.5, 0.6) is 0 Å². The highest BCUT2D eigenvalue weighted by Crippen LogP contribution is 2.22. The largest absolute Gasteiger partial charge is 0.373 e. The Kier molecular flexibility index (Phi) is 3.25. The van der Waals surface area contributed by atoms with Gasteiger partial charge in [0.05, 0.1) is 12.7 Å². The Bertz CT molecular complexity index is 357. The third-order valence-corrected chi connectivity index (χ3v) is 3.64. The molecule has 0 radical (unpaired) electrons. The van der Waals surface area contributed by atoms with Gasteiger partial charge in [0.2, 0.25) is 0 Å². The van der Waals surface area contributed by atoms with E-state index in [2.05, 4.69) is 15.2 Å². The molecule has 1 aromatic rings. The molecule has 0 saturated carbocycles. The zero-order valence-electron chi connectivity index (χ0n) is 10.0. The van der Waals surface area contributed by atoms with Crippen LogP contribution in [-0.2, 0) is 4.74 Å². The molecular weight excluding hydrogens is 214 g/mol. The molecule has 2 aliphatic heterocycles. The van der Waals surface area contributed by atoms with Crippen LogP contribution in [0.25, 0.3) is 0 Å². The molecule has 0 aromatic carbocycles. The van der Waals surface area contributed by atoms with E-state index in [1.54, 1.807) is 6.20 Å². The van der Waals surface area contributed by atoms with Gasteiger partial charge in [0.25, 0.3) is 0 Å². The Morgan fingerprint density at radius 3 is 3.35 bits per heavy atom. The molecule has 92 valence electrons. The molecule has 3 rings (SSSR count). The first kappa shape index (κ1) is 11.0. The fraction of sp³-hybridized carbons (Fsp3) is 0.615. The van der Waals surface area contributed by atoms with Crippen LogP contribution in [0.1, 0.15) is 12.8 Å². The summed E-state index contributed by atoms with van der Waals surface area (Å²) in [5.41, 5.74) is 0.